The van der Waals surface area contributed by atoms with Gasteiger partial charge in [0.05, 0.1) is 56.2 Å². The number of carboxylic acids is 1. The summed E-state index contributed by atoms with van der Waals surface area (Å²) in [4.78, 5) is 73.5. The van der Waals surface area contributed by atoms with Gasteiger partial charge in [0.15, 0.2) is 17.1 Å². The molecule has 0 radical (unpaired) electrons. The number of anilines is 1. The lowest BCUT2D eigenvalue weighted by atomic mass is 10.2. The van der Waals surface area contributed by atoms with E-state index in [0.717, 1.165) is 29.3 Å². The number of carbonyl (C=O) groups excluding carboxylic acids is 3. The van der Waals surface area contributed by atoms with Crippen LogP contribution < -0.4 is 5.73 Å². The average molecular weight is 863 g/mol. The van der Waals surface area contributed by atoms with Crippen molar-refractivity contribution in [3.8, 4) is 0 Å². The molecule has 326 valence electrons. The molecule has 26 heteroatoms. The van der Waals surface area contributed by atoms with Crippen LogP contribution in [0.2, 0.25) is 0 Å². The molecule has 5 N–H and O–H groups in total. The van der Waals surface area contributed by atoms with Crippen molar-refractivity contribution in [2.45, 2.75) is 33.9 Å². The number of aromatic carboxylic acids is 1. The molecule has 0 unspecified atom stereocenters. The number of hydrogen-bond acceptors (Lipinski definition) is 18. The highest BCUT2D eigenvalue weighted by atomic mass is 16.6. The molecule has 4 aromatic heterocycles. The largest absolute Gasteiger partial charge is 0.476 e. The second-order valence-corrected chi connectivity index (χ2v) is 11.6. The van der Waals surface area contributed by atoms with Gasteiger partial charge in [-0.2, -0.15) is 9.78 Å². The Bertz CT molecular complexity index is 2430. The molecule has 0 fully saturated rings. The molecular formula is C36H38N12O14. The normalized spacial score (nSPS) is 9.98. The highest BCUT2D eigenvalue weighted by Gasteiger charge is 2.24. The van der Waals surface area contributed by atoms with Gasteiger partial charge in [-0.05, 0) is 46.7 Å². The first-order chi connectivity index (χ1) is 29.6. The van der Waals surface area contributed by atoms with Crippen LogP contribution in [0.4, 0.5) is 23.3 Å². The molecule has 0 aliphatic rings. The molecule has 0 saturated carbocycles. The fourth-order valence-corrected chi connectivity index (χ4v) is 4.65. The SMILES string of the molecule is CCOC(=O)c1cc(N)nn1Cc1ccccc1.CCOC(=O)c1cc([N+](=O)[O-])[nH]n1.CCOC(=O)c1cc([N+](=O)[O-])nn1Cc1ccccc1.O=C(O)c1cc([N+](=O)[O-])[nH]n1. The average Bonchev–Trinajstić information content (AvgIpc) is 4.07. The second kappa shape index (κ2) is 23.5. The summed E-state index contributed by atoms with van der Waals surface area (Å²) in [5.74, 6) is -3.81. The third kappa shape index (κ3) is 14.5. The first kappa shape index (κ1) is 47.5. The number of nitro groups is 3. The van der Waals surface area contributed by atoms with Crippen LogP contribution >= 0.6 is 0 Å². The predicted molar refractivity (Wildman–Crippen MR) is 212 cm³/mol. The van der Waals surface area contributed by atoms with Crippen molar-refractivity contribution >= 4 is 47.1 Å². The number of ether oxygens (including phenoxy) is 3. The predicted octanol–water partition coefficient (Wildman–Crippen LogP) is 4.22. The molecule has 26 nitrogen and oxygen atoms in total. The van der Waals surface area contributed by atoms with Crippen molar-refractivity contribution in [1.82, 2.24) is 40.0 Å². The minimum absolute atomic E-state index is 0.0717. The van der Waals surface area contributed by atoms with Crippen LogP contribution in [0.1, 0.15) is 73.9 Å². The standard InChI is InChI=1S/C13H13N3O4.C13H15N3O2.C6H7N3O4.C4H3N3O4/c1-2-20-13(17)11-8-12(16(18)19)14-15(11)9-10-6-4-3-5-7-10;1-2-18-13(17)11-8-12(14)15-16(11)9-10-6-4-3-5-7-10;1-2-13-6(10)4-3-5(8-7-4)9(11)12;8-4(9)2-1-3(6-5-2)7(10)11/h3-8H,2,9H2,1H3;3-8H,2,9H2,1H3,(H2,14,15);3H,2H2,1H3,(H,7,8);1H,(H,5,6)(H,8,9). The third-order valence-corrected chi connectivity index (χ3v) is 7.30. The van der Waals surface area contributed by atoms with Crippen LogP contribution in [0.25, 0.3) is 0 Å². The van der Waals surface area contributed by atoms with Crippen molar-refractivity contribution in [3.63, 3.8) is 0 Å². The molecule has 6 rings (SSSR count). The number of H-pyrrole nitrogens is 2. The second-order valence-electron chi connectivity index (χ2n) is 11.6. The third-order valence-electron chi connectivity index (χ3n) is 7.30. The van der Waals surface area contributed by atoms with Gasteiger partial charge in [0, 0.05) is 6.07 Å². The maximum Gasteiger partial charge on any atom is 0.390 e. The molecule has 2 aromatic carbocycles. The monoisotopic (exact) mass is 862 g/mol. The fourth-order valence-electron chi connectivity index (χ4n) is 4.65. The van der Waals surface area contributed by atoms with E-state index < -0.39 is 44.5 Å². The molecule has 62 heavy (non-hydrogen) atoms. The smallest absolute Gasteiger partial charge is 0.390 e. The van der Waals surface area contributed by atoms with Crippen LogP contribution in [0.5, 0.6) is 0 Å². The van der Waals surface area contributed by atoms with Crippen molar-refractivity contribution < 1.29 is 53.3 Å². The van der Waals surface area contributed by atoms with E-state index in [4.69, 9.17) is 20.3 Å². The first-order valence-electron chi connectivity index (χ1n) is 17.9. The Balaban J connectivity index is 0.000000226. The van der Waals surface area contributed by atoms with E-state index in [-0.39, 0.29) is 48.5 Å². The van der Waals surface area contributed by atoms with Gasteiger partial charge < -0.3 is 55.4 Å². The van der Waals surface area contributed by atoms with Gasteiger partial charge in [0.1, 0.15) is 11.5 Å². The highest BCUT2D eigenvalue weighted by Crippen LogP contribution is 2.16. The highest BCUT2D eigenvalue weighted by molar-refractivity contribution is 5.89. The van der Waals surface area contributed by atoms with Gasteiger partial charge in [-0.15, -0.1) is 10.2 Å². The van der Waals surface area contributed by atoms with Crippen molar-refractivity contribution in [2.24, 2.45) is 0 Å². The maximum absolute atomic E-state index is 11.8. The first-order valence-corrected chi connectivity index (χ1v) is 17.9. The number of aromatic nitrogens is 8. The minimum Gasteiger partial charge on any atom is -0.476 e. The van der Waals surface area contributed by atoms with Gasteiger partial charge in [-0.25, -0.2) is 19.2 Å². The van der Waals surface area contributed by atoms with Crippen LogP contribution in [0.15, 0.2) is 84.9 Å². The molecule has 6 aromatic rings. The van der Waals surface area contributed by atoms with E-state index in [0.29, 0.717) is 24.7 Å². The quantitative estimate of drug-likeness (QED) is 0.0515. The van der Waals surface area contributed by atoms with Gasteiger partial charge in [-0.3, -0.25) is 4.68 Å². The number of nitrogens with zero attached hydrogens (tertiary/aromatic N) is 9. The number of nitrogen functional groups attached to an aromatic ring is 1. The Labute approximate surface area is 348 Å². The summed E-state index contributed by atoms with van der Waals surface area (Å²) in [6, 6.07) is 23.5. The Morgan fingerprint density at radius 1 is 0.629 bits per heavy atom. The zero-order valence-electron chi connectivity index (χ0n) is 33.0. The summed E-state index contributed by atoms with van der Waals surface area (Å²) in [6.45, 7) is 6.56. The number of carbonyl (C=O) groups is 4. The molecular weight excluding hydrogens is 824 g/mol. The lowest BCUT2D eigenvalue weighted by Crippen LogP contribution is -2.14. The van der Waals surface area contributed by atoms with Gasteiger partial charge in [0.25, 0.3) is 0 Å². The van der Waals surface area contributed by atoms with Crippen LogP contribution in [-0.2, 0) is 27.3 Å². The van der Waals surface area contributed by atoms with Crippen LogP contribution in [-0.4, -0.2) is 104 Å². The Kier molecular flexibility index (Phi) is 18.0. The number of benzene rings is 2. The number of aromatic amines is 2. The van der Waals surface area contributed by atoms with Crippen molar-refractivity contribution in [1.29, 1.82) is 0 Å². The summed E-state index contributed by atoms with van der Waals surface area (Å²) >= 11 is 0. The Morgan fingerprint density at radius 3 is 1.45 bits per heavy atom. The summed E-state index contributed by atoms with van der Waals surface area (Å²) in [6.07, 6.45) is 0. The zero-order valence-corrected chi connectivity index (χ0v) is 33.0. The number of hydrogen-bond donors (Lipinski definition) is 4. The van der Waals surface area contributed by atoms with E-state index in [2.05, 4.69) is 30.2 Å². The maximum atomic E-state index is 11.8. The zero-order chi connectivity index (χ0) is 45.8. The summed E-state index contributed by atoms with van der Waals surface area (Å²) in [7, 11) is 0. The van der Waals surface area contributed by atoms with E-state index in [1.807, 2.05) is 65.8 Å². The number of nitrogens with one attached hydrogen (secondary N) is 2. The lowest BCUT2D eigenvalue weighted by Gasteiger charge is -2.06. The van der Waals surface area contributed by atoms with Crippen molar-refractivity contribution in [3.05, 3.63) is 149 Å². The number of rotatable bonds is 14. The number of carboxylic acid groups (broad SMARTS) is 1. The van der Waals surface area contributed by atoms with Crippen LogP contribution in [0.3, 0.4) is 0 Å². The van der Waals surface area contributed by atoms with Crippen molar-refractivity contribution in [2.75, 3.05) is 25.6 Å². The topological polar surface area (TPSA) is 365 Å². The molecule has 4 heterocycles. The minimum atomic E-state index is -1.30. The summed E-state index contributed by atoms with van der Waals surface area (Å²) in [5, 5.41) is 57.8. The molecule has 0 aliphatic carbocycles. The van der Waals surface area contributed by atoms with Gasteiger partial charge in [0.2, 0.25) is 0 Å². The van der Waals surface area contributed by atoms with E-state index in [1.54, 1.807) is 25.5 Å². The molecule has 0 amide bonds. The molecule has 0 bridgehead atoms. The molecule has 0 saturated heterocycles. The van der Waals surface area contributed by atoms with E-state index in [1.165, 1.54) is 10.7 Å². The fraction of sp³-hybridized carbons (Fsp3) is 0.222. The van der Waals surface area contributed by atoms with Crippen LogP contribution in [0, 0.1) is 30.3 Å². The van der Waals surface area contributed by atoms with Gasteiger partial charge in [-0.1, -0.05) is 70.9 Å². The Hall–Kier alpha value is -8.84. The summed E-state index contributed by atoms with van der Waals surface area (Å²) in [5.41, 5.74) is 7.55. The number of nitrogens with two attached hydrogens (primary N) is 1. The molecule has 0 spiro atoms. The lowest BCUT2D eigenvalue weighted by molar-refractivity contribution is -0.389. The number of esters is 3. The molecule has 0 aliphatic heterocycles. The van der Waals surface area contributed by atoms with Gasteiger partial charge >= 0.3 is 41.3 Å². The van der Waals surface area contributed by atoms with E-state index in [9.17, 15) is 49.5 Å². The molecule has 0 atom stereocenters. The summed E-state index contributed by atoms with van der Waals surface area (Å²) < 4.78 is 17.3. The Morgan fingerprint density at radius 2 is 1.05 bits per heavy atom. The van der Waals surface area contributed by atoms with E-state index >= 15 is 0 Å².